The van der Waals surface area contributed by atoms with Gasteiger partial charge in [-0.15, -0.1) is 0 Å². The third-order valence-electron chi connectivity index (χ3n) is 3.84. The summed E-state index contributed by atoms with van der Waals surface area (Å²) >= 11 is 0. The summed E-state index contributed by atoms with van der Waals surface area (Å²) in [6, 6.07) is 0. The van der Waals surface area contributed by atoms with Crippen LogP contribution in [0.25, 0.3) is 0 Å². The van der Waals surface area contributed by atoms with Crippen LogP contribution in [0.1, 0.15) is 48.0 Å². The fourth-order valence-corrected chi connectivity index (χ4v) is 8.12. The van der Waals surface area contributed by atoms with Crippen LogP contribution in [-0.4, -0.2) is 40.0 Å². The Hall–Kier alpha value is 0.0969. The largest absolute Gasteiger partial charge is 0.414 e. The molecule has 1 aliphatic heterocycles. The van der Waals surface area contributed by atoms with Crippen LogP contribution in [0.2, 0.25) is 11.1 Å². The zero-order valence-corrected chi connectivity index (χ0v) is 13.9. The third kappa shape index (κ3) is 3.35. The van der Waals surface area contributed by atoms with Gasteiger partial charge in [0.15, 0.2) is 0 Å². The van der Waals surface area contributed by atoms with Crippen molar-refractivity contribution in [2.45, 2.75) is 70.9 Å². The minimum absolute atomic E-state index is 0.192. The molecule has 0 aromatic rings. The standard InChI is InChI=1S/C14H30O3Si/c1-7-9-15-14(13-10-16-13)18(11(3)4,12(5)6)17-8-2/h11-14H,7-10H2,1-6H3. The minimum atomic E-state index is -1.96. The van der Waals surface area contributed by atoms with E-state index in [0.29, 0.717) is 11.1 Å². The monoisotopic (exact) mass is 274 g/mol. The second-order valence-electron chi connectivity index (χ2n) is 5.76. The lowest BCUT2D eigenvalue weighted by Gasteiger charge is -2.43. The molecule has 1 fully saturated rings. The van der Waals surface area contributed by atoms with Gasteiger partial charge in [0.1, 0.15) is 11.8 Å². The normalized spacial score (nSPS) is 21.7. The molecule has 1 heterocycles. The highest BCUT2D eigenvalue weighted by atomic mass is 28.4. The van der Waals surface area contributed by atoms with E-state index in [4.69, 9.17) is 13.9 Å². The number of ether oxygens (including phenoxy) is 2. The lowest BCUT2D eigenvalue weighted by atomic mass is 10.5. The highest BCUT2D eigenvalue weighted by Crippen LogP contribution is 2.41. The van der Waals surface area contributed by atoms with Gasteiger partial charge in [0.05, 0.1) is 6.61 Å². The van der Waals surface area contributed by atoms with E-state index in [-0.39, 0.29) is 11.8 Å². The van der Waals surface area contributed by atoms with Gasteiger partial charge in [-0.05, 0) is 24.4 Å². The molecule has 0 saturated carbocycles. The van der Waals surface area contributed by atoms with E-state index in [1.165, 1.54) is 0 Å². The van der Waals surface area contributed by atoms with E-state index in [0.717, 1.165) is 26.2 Å². The molecule has 0 radical (unpaired) electrons. The molecule has 0 spiro atoms. The lowest BCUT2D eigenvalue weighted by Crippen LogP contribution is -2.59. The van der Waals surface area contributed by atoms with Crippen molar-refractivity contribution in [3.8, 4) is 0 Å². The molecule has 1 saturated heterocycles. The first-order chi connectivity index (χ1) is 8.50. The summed E-state index contributed by atoms with van der Waals surface area (Å²) in [5, 5.41) is 0. The highest BCUT2D eigenvalue weighted by Gasteiger charge is 2.56. The summed E-state index contributed by atoms with van der Waals surface area (Å²) in [6.45, 7) is 15.8. The van der Waals surface area contributed by atoms with Gasteiger partial charge in [0.2, 0.25) is 8.32 Å². The van der Waals surface area contributed by atoms with Crippen molar-refractivity contribution < 1.29 is 13.9 Å². The molecule has 0 aliphatic carbocycles. The quantitative estimate of drug-likeness (QED) is 0.476. The molecule has 4 heteroatoms. The first kappa shape index (κ1) is 16.2. The first-order valence-corrected chi connectivity index (χ1v) is 9.51. The first-order valence-electron chi connectivity index (χ1n) is 7.37. The van der Waals surface area contributed by atoms with Crippen LogP contribution >= 0.6 is 0 Å². The smallest absolute Gasteiger partial charge is 0.229 e. The Bertz CT molecular complexity index is 231. The average Bonchev–Trinajstić information content (AvgIpc) is 3.11. The zero-order chi connectivity index (χ0) is 13.8. The molecule has 2 atom stereocenters. The molecule has 0 amide bonds. The third-order valence-corrected chi connectivity index (χ3v) is 9.67. The van der Waals surface area contributed by atoms with E-state index < -0.39 is 8.32 Å². The van der Waals surface area contributed by atoms with Gasteiger partial charge in [-0.3, -0.25) is 0 Å². The van der Waals surface area contributed by atoms with Crippen molar-refractivity contribution in [1.82, 2.24) is 0 Å². The van der Waals surface area contributed by atoms with Gasteiger partial charge in [-0.2, -0.15) is 0 Å². The predicted molar refractivity (Wildman–Crippen MR) is 77.3 cm³/mol. The fourth-order valence-electron chi connectivity index (χ4n) is 2.99. The average molecular weight is 274 g/mol. The molecule has 1 rings (SSSR count). The van der Waals surface area contributed by atoms with Gasteiger partial charge in [0, 0.05) is 13.2 Å². The van der Waals surface area contributed by atoms with Crippen LogP contribution in [0.3, 0.4) is 0 Å². The van der Waals surface area contributed by atoms with Gasteiger partial charge >= 0.3 is 0 Å². The maximum absolute atomic E-state index is 6.35. The number of rotatable bonds is 9. The molecular weight excluding hydrogens is 244 g/mol. The Morgan fingerprint density at radius 3 is 2.06 bits per heavy atom. The molecule has 1 aliphatic rings. The topological polar surface area (TPSA) is 31.0 Å². The molecule has 2 unspecified atom stereocenters. The number of hydrogen-bond donors (Lipinski definition) is 0. The maximum atomic E-state index is 6.35. The van der Waals surface area contributed by atoms with Gasteiger partial charge < -0.3 is 13.9 Å². The molecule has 3 nitrogen and oxygen atoms in total. The number of epoxide rings is 1. The predicted octanol–water partition coefficient (Wildman–Crippen LogP) is 3.52. The Kier molecular flexibility index (Phi) is 6.31. The Morgan fingerprint density at radius 2 is 1.72 bits per heavy atom. The van der Waals surface area contributed by atoms with Crippen LogP contribution in [-0.2, 0) is 13.9 Å². The Morgan fingerprint density at radius 1 is 1.17 bits per heavy atom. The Balaban J connectivity index is 2.94. The van der Waals surface area contributed by atoms with E-state index >= 15 is 0 Å². The second kappa shape index (κ2) is 7.03. The zero-order valence-electron chi connectivity index (χ0n) is 12.9. The summed E-state index contributed by atoms with van der Waals surface area (Å²) in [4.78, 5) is 0. The molecule has 0 N–H and O–H groups in total. The van der Waals surface area contributed by atoms with Crippen LogP contribution < -0.4 is 0 Å². The molecule has 0 aromatic heterocycles. The van der Waals surface area contributed by atoms with Crippen LogP contribution in [0, 0.1) is 0 Å². The molecule has 0 bridgehead atoms. The highest BCUT2D eigenvalue weighted by molar-refractivity contribution is 6.77. The number of hydrogen-bond acceptors (Lipinski definition) is 3. The molecule has 108 valence electrons. The van der Waals surface area contributed by atoms with E-state index in [1.807, 2.05) is 0 Å². The van der Waals surface area contributed by atoms with Crippen LogP contribution in [0.4, 0.5) is 0 Å². The van der Waals surface area contributed by atoms with Crippen molar-refractivity contribution in [1.29, 1.82) is 0 Å². The van der Waals surface area contributed by atoms with Gasteiger partial charge in [-0.25, -0.2) is 0 Å². The molecular formula is C14H30O3Si. The van der Waals surface area contributed by atoms with Crippen molar-refractivity contribution >= 4 is 8.32 Å². The van der Waals surface area contributed by atoms with Crippen molar-refractivity contribution in [3.63, 3.8) is 0 Å². The molecule has 18 heavy (non-hydrogen) atoms. The fraction of sp³-hybridized carbons (Fsp3) is 1.00. The van der Waals surface area contributed by atoms with Crippen LogP contribution in [0.15, 0.2) is 0 Å². The molecule has 0 aromatic carbocycles. The van der Waals surface area contributed by atoms with Crippen LogP contribution in [0.5, 0.6) is 0 Å². The van der Waals surface area contributed by atoms with E-state index in [1.54, 1.807) is 0 Å². The summed E-state index contributed by atoms with van der Waals surface area (Å²) in [5.74, 6) is 0. The second-order valence-corrected chi connectivity index (χ2v) is 10.6. The van der Waals surface area contributed by atoms with Gasteiger partial charge in [-0.1, -0.05) is 34.6 Å². The SMILES string of the molecule is CCCOC(C1CO1)[Si](OCC)(C(C)C)C(C)C. The van der Waals surface area contributed by atoms with Crippen molar-refractivity contribution in [3.05, 3.63) is 0 Å². The summed E-state index contributed by atoms with van der Waals surface area (Å²) in [6.07, 6.45) is 1.33. The van der Waals surface area contributed by atoms with Crippen molar-refractivity contribution in [2.75, 3.05) is 19.8 Å². The van der Waals surface area contributed by atoms with Gasteiger partial charge in [0.25, 0.3) is 0 Å². The summed E-state index contributed by atoms with van der Waals surface area (Å²) in [5.41, 5.74) is 1.28. The van der Waals surface area contributed by atoms with E-state index in [9.17, 15) is 0 Å². The minimum Gasteiger partial charge on any atom is -0.414 e. The van der Waals surface area contributed by atoms with Crippen molar-refractivity contribution in [2.24, 2.45) is 0 Å². The lowest BCUT2D eigenvalue weighted by molar-refractivity contribution is 0.0579. The van der Waals surface area contributed by atoms with E-state index in [2.05, 4.69) is 41.5 Å². The summed E-state index contributed by atoms with van der Waals surface area (Å²) < 4.78 is 18.1. The maximum Gasteiger partial charge on any atom is 0.229 e. The summed E-state index contributed by atoms with van der Waals surface area (Å²) in [7, 11) is -1.96. The Labute approximate surface area is 113 Å².